The van der Waals surface area contributed by atoms with Crippen LogP contribution >= 0.6 is 11.6 Å². The molecular weight excluding hydrogens is 264 g/mol. The fourth-order valence-electron chi connectivity index (χ4n) is 1.84. The van der Waals surface area contributed by atoms with Crippen molar-refractivity contribution in [3.05, 3.63) is 41.4 Å². The Hall–Kier alpha value is -1.74. The molecule has 0 radical (unpaired) electrons. The van der Waals surface area contributed by atoms with E-state index in [1.807, 2.05) is 24.3 Å². The molecule has 0 aliphatic carbocycles. The summed E-state index contributed by atoms with van der Waals surface area (Å²) in [6.07, 6.45) is -0.649. The number of carbonyl (C=O) groups excluding carboxylic acids is 1. The average Bonchev–Trinajstić information content (AvgIpc) is 2.42. The number of hydrogen-bond donors (Lipinski definition) is 0. The Labute approximate surface area is 117 Å². The fraction of sp³-hybridized carbons (Fsp3) is 0.267. The second-order valence-corrected chi connectivity index (χ2v) is 4.51. The Kier molecular flexibility index (Phi) is 4.27. The lowest BCUT2D eigenvalue weighted by molar-refractivity contribution is -0.150. The molecule has 0 saturated heterocycles. The largest absolute Gasteiger partial charge is 0.478 e. The van der Waals surface area contributed by atoms with Crippen molar-refractivity contribution < 1.29 is 14.3 Å². The number of ether oxygens (including phenoxy) is 2. The number of benzene rings is 2. The maximum Gasteiger partial charge on any atom is 0.347 e. The molecule has 0 aromatic heterocycles. The minimum Gasteiger partial charge on any atom is -0.478 e. The summed E-state index contributed by atoms with van der Waals surface area (Å²) in [5.74, 6) is 0.252. The second kappa shape index (κ2) is 5.93. The smallest absolute Gasteiger partial charge is 0.347 e. The molecule has 2 rings (SSSR count). The van der Waals surface area contributed by atoms with Crippen molar-refractivity contribution in [3.8, 4) is 5.75 Å². The van der Waals surface area contributed by atoms with Crippen LogP contribution < -0.4 is 4.74 Å². The van der Waals surface area contributed by atoms with Gasteiger partial charge in [-0.05, 0) is 26.0 Å². The van der Waals surface area contributed by atoms with Crippen molar-refractivity contribution >= 4 is 28.3 Å². The second-order valence-electron chi connectivity index (χ2n) is 4.10. The molecule has 0 aliphatic heterocycles. The topological polar surface area (TPSA) is 35.5 Å². The number of esters is 1. The van der Waals surface area contributed by atoms with E-state index in [0.29, 0.717) is 17.4 Å². The Morgan fingerprint density at radius 2 is 1.89 bits per heavy atom. The van der Waals surface area contributed by atoms with Gasteiger partial charge in [-0.25, -0.2) is 4.79 Å². The van der Waals surface area contributed by atoms with Gasteiger partial charge in [-0.2, -0.15) is 0 Å². The van der Waals surface area contributed by atoms with Crippen LogP contribution in [0.2, 0.25) is 5.02 Å². The molecule has 2 aromatic rings. The molecule has 0 aliphatic rings. The van der Waals surface area contributed by atoms with E-state index in [1.54, 1.807) is 26.0 Å². The van der Waals surface area contributed by atoms with Crippen LogP contribution in [0, 0.1) is 0 Å². The molecule has 100 valence electrons. The molecule has 0 heterocycles. The zero-order valence-electron chi connectivity index (χ0n) is 10.9. The number of hydrogen-bond acceptors (Lipinski definition) is 3. The van der Waals surface area contributed by atoms with Crippen LogP contribution in [-0.4, -0.2) is 18.7 Å². The SMILES string of the molecule is CCOC(=O)C(C)Oc1ccc(Cl)c2ccccc12. The first-order chi connectivity index (χ1) is 9.13. The van der Waals surface area contributed by atoms with E-state index in [4.69, 9.17) is 21.1 Å². The van der Waals surface area contributed by atoms with E-state index < -0.39 is 6.10 Å². The normalized spacial score (nSPS) is 12.2. The highest BCUT2D eigenvalue weighted by Crippen LogP contribution is 2.31. The van der Waals surface area contributed by atoms with E-state index >= 15 is 0 Å². The van der Waals surface area contributed by atoms with Crippen LogP contribution in [0.1, 0.15) is 13.8 Å². The zero-order chi connectivity index (χ0) is 13.8. The van der Waals surface area contributed by atoms with Gasteiger partial charge in [0.05, 0.1) is 6.61 Å². The van der Waals surface area contributed by atoms with Gasteiger partial charge in [-0.15, -0.1) is 0 Å². The first-order valence-corrected chi connectivity index (χ1v) is 6.51. The minimum absolute atomic E-state index is 0.341. The van der Waals surface area contributed by atoms with Crippen molar-refractivity contribution in [1.29, 1.82) is 0 Å². The summed E-state index contributed by atoms with van der Waals surface area (Å²) < 4.78 is 10.6. The van der Waals surface area contributed by atoms with Gasteiger partial charge in [0.2, 0.25) is 0 Å². The van der Waals surface area contributed by atoms with Crippen LogP contribution in [0.5, 0.6) is 5.75 Å². The highest BCUT2D eigenvalue weighted by molar-refractivity contribution is 6.35. The lowest BCUT2D eigenvalue weighted by Gasteiger charge is -2.15. The molecule has 0 saturated carbocycles. The third-order valence-corrected chi connectivity index (χ3v) is 3.08. The molecule has 19 heavy (non-hydrogen) atoms. The van der Waals surface area contributed by atoms with Gasteiger partial charge in [0.25, 0.3) is 0 Å². The number of halogens is 1. The summed E-state index contributed by atoms with van der Waals surface area (Å²) >= 11 is 6.13. The average molecular weight is 279 g/mol. The standard InChI is InChI=1S/C15H15ClO3/c1-3-18-15(17)10(2)19-14-9-8-13(16)11-6-4-5-7-12(11)14/h4-10H,3H2,1-2H3. The summed E-state index contributed by atoms with van der Waals surface area (Å²) in [5.41, 5.74) is 0. The van der Waals surface area contributed by atoms with Crippen molar-refractivity contribution in [1.82, 2.24) is 0 Å². The zero-order valence-corrected chi connectivity index (χ0v) is 11.6. The molecule has 0 amide bonds. The van der Waals surface area contributed by atoms with Crippen LogP contribution in [0.25, 0.3) is 10.8 Å². The van der Waals surface area contributed by atoms with E-state index in [2.05, 4.69) is 0 Å². The van der Waals surface area contributed by atoms with Crippen LogP contribution in [-0.2, 0) is 9.53 Å². The molecule has 2 aromatic carbocycles. The first kappa shape index (κ1) is 13.7. The Morgan fingerprint density at radius 3 is 2.58 bits per heavy atom. The quantitative estimate of drug-likeness (QED) is 0.798. The van der Waals surface area contributed by atoms with E-state index in [0.717, 1.165) is 10.8 Å². The summed E-state index contributed by atoms with van der Waals surface area (Å²) in [6.45, 7) is 3.78. The Bertz CT molecular complexity index is 595. The van der Waals surface area contributed by atoms with Crippen LogP contribution in [0.15, 0.2) is 36.4 Å². The minimum atomic E-state index is -0.649. The first-order valence-electron chi connectivity index (χ1n) is 6.14. The highest BCUT2D eigenvalue weighted by Gasteiger charge is 2.17. The van der Waals surface area contributed by atoms with Gasteiger partial charge in [0.1, 0.15) is 5.75 Å². The van der Waals surface area contributed by atoms with Gasteiger partial charge >= 0.3 is 5.97 Å². The predicted octanol–water partition coefficient (Wildman–Crippen LogP) is 3.82. The third-order valence-electron chi connectivity index (χ3n) is 2.75. The third kappa shape index (κ3) is 2.99. The summed E-state index contributed by atoms with van der Waals surface area (Å²) in [4.78, 5) is 11.6. The lowest BCUT2D eigenvalue weighted by Crippen LogP contribution is -2.26. The Morgan fingerprint density at radius 1 is 1.21 bits per heavy atom. The predicted molar refractivity (Wildman–Crippen MR) is 75.7 cm³/mol. The number of fused-ring (bicyclic) bond motifs is 1. The summed E-state index contributed by atoms with van der Waals surface area (Å²) in [5, 5.41) is 2.44. The van der Waals surface area contributed by atoms with Crippen molar-refractivity contribution in [3.63, 3.8) is 0 Å². The van der Waals surface area contributed by atoms with Gasteiger partial charge in [0, 0.05) is 15.8 Å². The fourth-order valence-corrected chi connectivity index (χ4v) is 2.06. The van der Waals surface area contributed by atoms with Crippen LogP contribution in [0.4, 0.5) is 0 Å². The summed E-state index contributed by atoms with van der Waals surface area (Å²) in [7, 11) is 0. The molecule has 0 fully saturated rings. The van der Waals surface area contributed by atoms with Gasteiger partial charge in [-0.3, -0.25) is 0 Å². The van der Waals surface area contributed by atoms with Gasteiger partial charge in [-0.1, -0.05) is 35.9 Å². The lowest BCUT2D eigenvalue weighted by atomic mass is 10.1. The van der Waals surface area contributed by atoms with Gasteiger partial charge < -0.3 is 9.47 Å². The molecule has 1 unspecified atom stereocenters. The molecule has 1 atom stereocenters. The maximum absolute atomic E-state index is 11.6. The molecule has 0 bridgehead atoms. The maximum atomic E-state index is 11.6. The Balaban J connectivity index is 2.31. The van der Waals surface area contributed by atoms with E-state index in [1.165, 1.54) is 0 Å². The molecule has 4 heteroatoms. The molecule has 0 N–H and O–H groups in total. The highest BCUT2D eigenvalue weighted by atomic mass is 35.5. The van der Waals surface area contributed by atoms with E-state index in [-0.39, 0.29) is 5.97 Å². The van der Waals surface area contributed by atoms with Crippen LogP contribution in [0.3, 0.4) is 0 Å². The summed E-state index contributed by atoms with van der Waals surface area (Å²) in [6, 6.07) is 11.2. The molecule has 0 spiro atoms. The molecular formula is C15H15ClO3. The molecule has 3 nitrogen and oxygen atoms in total. The van der Waals surface area contributed by atoms with Crippen molar-refractivity contribution in [2.75, 3.05) is 6.61 Å². The van der Waals surface area contributed by atoms with Gasteiger partial charge in [0.15, 0.2) is 6.10 Å². The number of carbonyl (C=O) groups is 1. The van der Waals surface area contributed by atoms with Crippen molar-refractivity contribution in [2.45, 2.75) is 20.0 Å². The monoisotopic (exact) mass is 278 g/mol. The number of rotatable bonds is 4. The van der Waals surface area contributed by atoms with Crippen molar-refractivity contribution in [2.24, 2.45) is 0 Å². The van der Waals surface area contributed by atoms with E-state index in [9.17, 15) is 4.79 Å².